The number of nitrogens with one attached hydrogen (secondary N) is 4. The van der Waals surface area contributed by atoms with Crippen LogP contribution in [0.1, 0.15) is 77.0 Å². The average molecular weight is 1280 g/mol. The van der Waals surface area contributed by atoms with E-state index in [0.717, 1.165) is 0 Å². The van der Waals surface area contributed by atoms with E-state index in [9.17, 15) is 57.5 Å². The van der Waals surface area contributed by atoms with Gasteiger partial charge in [-0.25, -0.2) is 0 Å². The number of carbonyl (C=O) groups excluding carboxylic acids is 4. The molecule has 0 saturated heterocycles. The van der Waals surface area contributed by atoms with Gasteiger partial charge in [0.1, 0.15) is 0 Å². The van der Waals surface area contributed by atoms with Crippen molar-refractivity contribution >= 4 is 308 Å². The number of rotatable bonds is 51. The maximum atomic E-state index is 13.1. The van der Waals surface area contributed by atoms with Crippen molar-refractivity contribution in [2.24, 2.45) is 0 Å². The van der Waals surface area contributed by atoms with Gasteiger partial charge >= 0.3 is 47.8 Å². The largest absolute Gasteiger partial charge is 0.481 e. The van der Waals surface area contributed by atoms with Gasteiger partial charge in [-0.2, -0.15) is 0 Å². The van der Waals surface area contributed by atoms with Gasteiger partial charge in [0.2, 0.25) is 23.6 Å². The zero-order chi connectivity index (χ0) is 57.3. The molecule has 0 atom stereocenters. The van der Waals surface area contributed by atoms with Crippen LogP contribution in [0, 0.1) is 0 Å². The van der Waals surface area contributed by atoms with Crippen molar-refractivity contribution in [2.75, 3.05) is 144 Å². The molecular weight excluding hydrogens is 1200 g/mol. The van der Waals surface area contributed by atoms with E-state index in [1.807, 2.05) is 0 Å². The summed E-state index contributed by atoms with van der Waals surface area (Å²) in [5.41, 5.74) is 0. The molecule has 84 heavy (non-hydrogen) atoms. The van der Waals surface area contributed by atoms with Crippen LogP contribution in [0.25, 0.3) is 0 Å². The Balaban J connectivity index is -0.00000100. The van der Waals surface area contributed by atoms with Crippen LogP contribution in [0.5, 0.6) is 0 Å². The summed E-state index contributed by atoms with van der Waals surface area (Å²) in [5.74, 6) is -10.3. The Morgan fingerprint density at radius 1 is 0.190 bits per heavy atom. The van der Waals surface area contributed by atoms with E-state index in [1.54, 1.807) is 29.4 Å². The molecule has 0 fully saturated rings. The van der Waals surface area contributed by atoms with Gasteiger partial charge in [0.05, 0.1) is 51.4 Å². The third-order valence-electron chi connectivity index (χ3n) is 11.5. The van der Waals surface area contributed by atoms with Crippen LogP contribution in [0.2, 0.25) is 0 Å². The molecule has 0 aliphatic heterocycles. The van der Waals surface area contributed by atoms with Gasteiger partial charge in [-0.3, -0.25) is 57.5 Å². The van der Waals surface area contributed by atoms with Crippen molar-refractivity contribution < 1.29 is 98.4 Å². The normalized spacial score (nSPS) is 10.2. The van der Waals surface area contributed by atoms with E-state index in [-0.39, 0.29) is 457 Å². The topological polar surface area (TPSA) is 434 Å². The molecule has 442 valence electrons. The monoisotopic (exact) mass is 1280 g/mol. The second-order valence-corrected chi connectivity index (χ2v) is 17.6. The summed E-state index contributed by atoms with van der Waals surface area (Å²) in [6.45, 7) is 2.20. The maximum Gasteiger partial charge on any atom is 0.304 e. The third-order valence-corrected chi connectivity index (χ3v) is 11.5. The summed E-state index contributed by atoms with van der Waals surface area (Å²) >= 11 is 0. The molecular formula is C46H80N10Na8O20. The van der Waals surface area contributed by atoms with Gasteiger partial charge in [0.25, 0.3) is 0 Å². The van der Waals surface area contributed by atoms with Gasteiger partial charge < -0.3 is 91.5 Å². The molecule has 0 aliphatic rings. The van der Waals surface area contributed by atoms with Crippen molar-refractivity contribution in [3.63, 3.8) is 0 Å². The Morgan fingerprint density at radius 3 is 0.440 bits per heavy atom. The predicted octanol–water partition coefficient (Wildman–Crippen LogP) is -6.43. The molecule has 0 rings (SSSR count). The van der Waals surface area contributed by atoms with Gasteiger partial charge in [-0.15, -0.1) is 0 Å². The van der Waals surface area contributed by atoms with Crippen LogP contribution in [0.4, 0.5) is 0 Å². The van der Waals surface area contributed by atoms with Crippen LogP contribution >= 0.6 is 0 Å². The Hall–Kier alpha value is 1.40. The van der Waals surface area contributed by atoms with E-state index in [2.05, 4.69) is 21.3 Å². The predicted molar refractivity (Wildman–Crippen MR) is 313 cm³/mol. The van der Waals surface area contributed by atoms with Crippen molar-refractivity contribution in [1.29, 1.82) is 0 Å². The van der Waals surface area contributed by atoms with Crippen LogP contribution in [-0.4, -0.2) is 522 Å². The van der Waals surface area contributed by atoms with E-state index >= 15 is 0 Å². The molecule has 0 aromatic heterocycles. The molecule has 38 heteroatoms. The summed E-state index contributed by atoms with van der Waals surface area (Å²) in [4.78, 5) is 152. The fourth-order valence-corrected chi connectivity index (χ4v) is 7.13. The minimum absolute atomic E-state index is 0. The molecule has 4 amide bonds. The Bertz CT molecular complexity index is 1560. The van der Waals surface area contributed by atoms with Crippen LogP contribution in [0.15, 0.2) is 0 Å². The number of carboxylic acids is 8. The number of carbonyl (C=O) groups is 12. The Labute approximate surface area is 668 Å². The van der Waals surface area contributed by atoms with E-state index in [0.29, 0.717) is 0 Å². The van der Waals surface area contributed by atoms with Crippen molar-refractivity contribution in [1.82, 2.24) is 50.7 Å². The number of hydrogen-bond acceptors (Lipinski definition) is 18. The number of hydrogen-bond donors (Lipinski definition) is 12. The fourth-order valence-electron chi connectivity index (χ4n) is 7.13. The summed E-state index contributed by atoms with van der Waals surface area (Å²) in [5, 5.41) is 83.8. The molecule has 0 heterocycles. The number of amides is 4. The fraction of sp³-hybridized carbons (Fsp3) is 0.739. The van der Waals surface area contributed by atoms with Gasteiger partial charge in [0.15, 0.2) is 0 Å². The molecule has 0 saturated carbocycles. The number of carboxylic acid groups (broad SMARTS) is 8. The summed E-state index contributed by atoms with van der Waals surface area (Å²) in [6, 6.07) is 0. The van der Waals surface area contributed by atoms with Gasteiger partial charge in [-0.1, -0.05) is 0 Å². The average Bonchev–Trinajstić information content (AvgIpc) is 3.33. The van der Waals surface area contributed by atoms with Crippen molar-refractivity contribution in [2.45, 2.75) is 77.0 Å². The number of aliphatic carboxylic acids is 8. The molecule has 12 N–H and O–H groups in total. The first-order valence-corrected chi connectivity index (χ1v) is 25.1. The molecule has 0 aromatic carbocycles. The molecule has 30 nitrogen and oxygen atoms in total. The van der Waals surface area contributed by atoms with E-state index < -0.39 is 71.4 Å². The first-order valence-electron chi connectivity index (χ1n) is 25.1. The standard InChI is InChI=1S/C46H80N10O20.8Na/c57-35(47-13-29-51(21-5-39(61)62)22-6-40(63)64)1-17-55(18-2-36(58)48-14-30-52(23-7-41(65)66)24-8-42(67)68)33-34-56(19-3-37(59)49-15-31-53(25-9-43(69)70)26-10-44(71)72)20-4-38(60)50-16-32-54(27-11-45(73)74)28-12-46(75)76;;;;;;;;/h1-34H2,(H,47,57)(H,48,58)(H,49,59)(H,50,60)(H,61,62)(H,63,64)(H,65,66)(H,67,68)(H,69,70)(H,71,72)(H,73,74)(H,75,76);;;;;;;;. The van der Waals surface area contributed by atoms with Crippen LogP contribution < -0.4 is 21.3 Å². The smallest absolute Gasteiger partial charge is 0.304 e. The Morgan fingerprint density at radius 2 is 0.310 bits per heavy atom. The van der Waals surface area contributed by atoms with E-state index in [4.69, 9.17) is 40.9 Å². The van der Waals surface area contributed by atoms with Gasteiger partial charge in [0, 0.05) is 406 Å². The Kier molecular flexibility index (Phi) is 83.5. The minimum atomic E-state index is -1.08. The zero-order valence-electron chi connectivity index (χ0n) is 51.2. The number of nitrogens with zero attached hydrogens (tertiary/aromatic N) is 6. The quantitative estimate of drug-likeness (QED) is 0.0252. The summed E-state index contributed by atoms with van der Waals surface area (Å²) in [6.07, 6.45) is -2.26. The molecule has 8 radical (unpaired) electrons. The molecule has 0 aromatic rings. The molecule has 0 bridgehead atoms. The van der Waals surface area contributed by atoms with Crippen LogP contribution in [-0.2, 0) is 57.5 Å². The van der Waals surface area contributed by atoms with Crippen molar-refractivity contribution in [3.05, 3.63) is 0 Å². The van der Waals surface area contributed by atoms with Gasteiger partial charge in [-0.05, 0) is 0 Å². The SMILES string of the molecule is O=C(O)CCN(CCNC(=O)CCN(CCC(=O)NCCN(CCC(=O)O)CCC(=O)O)CCN(CCC(=O)NCCN(CCC(=O)O)CCC(=O)O)CCC(=O)NCCN(CCC(=O)O)CCC(=O)O)CCC(=O)O.[Na].[Na].[Na].[Na].[Na].[Na].[Na].[Na]. The molecule has 0 unspecified atom stereocenters. The zero-order valence-corrected chi connectivity index (χ0v) is 67.2. The molecule has 0 spiro atoms. The van der Waals surface area contributed by atoms with Crippen LogP contribution in [0.3, 0.4) is 0 Å². The first-order chi connectivity index (χ1) is 35.9. The minimum Gasteiger partial charge on any atom is -0.481 e. The first kappa shape index (κ1) is 104. The van der Waals surface area contributed by atoms with Crippen molar-refractivity contribution in [3.8, 4) is 0 Å². The summed E-state index contributed by atoms with van der Waals surface area (Å²) in [7, 11) is 0. The molecule has 0 aliphatic carbocycles. The second kappa shape index (κ2) is 67.3. The summed E-state index contributed by atoms with van der Waals surface area (Å²) < 4.78 is 0. The second-order valence-electron chi connectivity index (χ2n) is 17.6. The van der Waals surface area contributed by atoms with E-state index in [1.165, 1.54) is 0 Å². The maximum absolute atomic E-state index is 13.1. The third kappa shape index (κ3) is 69.3.